The van der Waals surface area contributed by atoms with Crippen molar-refractivity contribution in [2.45, 2.75) is 20.4 Å². The minimum Gasteiger partial charge on any atom is -0.284 e. The second-order valence-corrected chi connectivity index (χ2v) is 5.13. The van der Waals surface area contributed by atoms with Gasteiger partial charge < -0.3 is 0 Å². The molecule has 0 saturated carbocycles. The van der Waals surface area contributed by atoms with Crippen molar-refractivity contribution >= 4 is 11.5 Å². The molecule has 0 N–H and O–H groups in total. The first-order valence-electron chi connectivity index (χ1n) is 7.58. The lowest BCUT2D eigenvalue weighted by atomic mass is 10.1. The van der Waals surface area contributed by atoms with Crippen molar-refractivity contribution in [3.05, 3.63) is 65.7 Å². The minimum absolute atomic E-state index is 0.881. The van der Waals surface area contributed by atoms with E-state index in [0.29, 0.717) is 0 Å². The number of hydrogen-bond acceptors (Lipinski definition) is 3. The largest absolute Gasteiger partial charge is 0.284 e. The second-order valence-electron chi connectivity index (χ2n) is 5.13. The van der Waals surface area contributed by atoms with E-state index in [-0.39, 0.29) is 0 Å². The van der Waals surface area contributed by atoms with E-state index >= 15 is 0 Å². The summed E-state index contributed by atoms with van der Waals surface area (Å²) in [5.74, 6) is 1.04. The molecule has 1 aliphatic heterocycles. The number of aliphatic imine (C=N–C) groups is 1. The van der Waals surface area contributed by atoms with Crippen LogP contribution in [0.1, 0.15) is 25.0 Å². The summed E-state index contributed by atoms with van der Waals surface area (Å²) in [5.41, 5.74) is 3.53. The molecular weight excluding hydrogens is 258 g/mol. The van der Waals surface area contributed by atoms with E-state index in [1.54, 1.807) is 0 Å². The predicted molar refractivity (Wildman–Crippen MR) is 87.5 cm³/mol. The summed E-state index contributed by atoms with van der Waals surface area (Å²) in [7, 11) is 0. The maximum Gasteiger partial charge on any atom is 0.151 e. The third-order valence-corrected chi connectivity index (χ3v) is 3.89. The van der Waals surface area contributed by atoms with Crippen molar-refractivity contribution in [1.82, 2.24) is 10.0 Å². The van der Waals surface area contributed by atoms with Crippen LogP contribution in [0.5, 0.6) is 0 Å². The Morgan fingerprint density at radius 1 is 0.952 bits per heavy atom. The molecule has 0 amide bonds. The molecule has 0 atom stereocenters. The molecule has 1 aliphatic rings. The van der Waals surface area contributed by atoms with E-state index < -0.39 is 0 Å². The number of fused-ring (bicyclic) bond motifs is 1. The maximum atomic E-state index is 4.91. The molecule has 1 heterocycles. The molecule has 21 heavy (non-hydrogen) atoms. The Balaban J connectivity index is 2.08. The summed E-state index contributed by atoms with van der Waals surface area (Å²) < 4.78 is 0. The number of rotatable bonds is 4. The summed E-state index contributed by atoms with van der Waals surface area (Å²) in [6.07, 6.45) is 0. The summed E-state index contributed by atoms with van der Waals surface area (Å²) in [5, 5.41) is 4.64. The van der Waals surface area contributed by atoms with Gasteiger partial charge in [0.05, 0.1) is 12.2 Å². The van der Waals surface area contributed by atoms with E-state index in [1.165, 1.54) is 11.1 Å². The highest BCUT2D eigenvalue weighted by Crippen LogP contribution is 2.28. The molecule has 3 heteroatoms. The van der Waals surface area contributed by atoms with Gasteiger partial charge in [0.15, 0.2) is 5.84 Å². The smallest absolute Gasteiger partial charge is 0.151 e. The molecule has 2 aromatic carbocycles. The molecule has 2 aromatic rings. The van der Waals surface area contributed by atoms with Crippen molar-refractivity contribution in [2.24, 2.45) is 4.99 Å². The lowest BCUT2D eigenvalue weighted by Crippen LogP contribution is -2.47. The fourth-order valence-electron chi connectivity index (χ4n) is 2.76. The van der Waals surface area contributed by atoms with Crippen molar-refractivity contribution in [2.75, 3.05) is 13.1 Å². The quantitative estimate of drug-likeness (QED) is 0.847. The Bertz CT molecular complexity index is 630. The number of hydrogen-bond donors (Lipinski definition) is 0. The van der Waals surface area contributed by atoms with Gasteiger partial charge in [0.25, 0.3) is 0 Å². The van der Waals surface area contributed by atoms with Gasteiger partial charge in [0.1, 0.15) is 0 Å². The monoisotopic (exact) mass is 279 g/mol. The van der Waals surface area contributed by atoms with Crippen LogP contribution >= 0.6 is 0 Å². The highest BCUT2D eigenvalue weighted by atomic mass is 15.6. The van der Waals surface area contributed by atoms with Crippen molar-refractivity contribution in [3.8, 4) is 0 Å². The topological polar surface area (TPSA) is 18.8 Å². The molecule has 0 radical (unpaired) electrons. The zero-order chi connectivity index (χ0) is 14.7. The highest BCUT2D eigenvalue weighted by Gasteiger charge is 2.24. The number of amidine groups is 1. The molecule has 3 nitrogen and oxygen atoms in total. The summed E-state index contributed by atoms with van der Waals surface area (Å²) in [6.45, 7) is 7.21. The van der Waals surface area contributed by atoms with Gasteiger partial charge in [0.2, 0.25) is 0 Å². The highest BCUT2D eigenvalue weighted by molar-refractivity contribution is 6.01. The molecule has 0 aromatic heterocycles. The van der Waals surface area contributed by atoms with Crippen LogP contribution in [0.15, 0.2) is 59.6 Å². The molecule has 0 fully saturated rings. The molecule has 0 aliphatic carbocycles. The first-order valence-corrected chi connectivity index (χ1v) is 7.58. The van der Waals surface area contributed by atoms with Crippen molar-refractivity contribution < 1.29 is 0 Å². The SMILES string of the molecule is CCN(CC)N1Cc2ccccc2N=C1c1ccccc1. The fraction of sp³-hybridized carbons (Fsp3) is 0.278. The van der Waals surface area contributed by atoms with Gasteiger partial charge in [0, 0.05) is 18.7 Å². The Hall–Kier alpha value is -2.13. The lowest BCUT2D eigenvalue weighted by Gasteiger charge is -2.38. The molecule has 108 valence electrons. The van der Waals surface area contributed by atoms with Gasteiger partial charge in [-0.05, 0) is 11.6 Å². The Labute approximate surface area is 126 Å². The summed E-state index contributed by atoms with van der Waals surface area (Å²) >= 11 is 0. The first-order chi connectivity index (χ1) is 10.3. The van der Waals surface area contributed by atoms with Crippen LogP contribution in [0.4, 0.5) is 5.69 Å². The molecular formula is C18H21N3. The van der Waals surface area contributed by atoms with Gasteiger partial charge in [-0.2, -0.15) is 0 Å². The van der Waals surface area contributed by atoms with Crippen LogP contribution in [0.25, 0.3) is 0 Å². The van der Waals surface area contributed by atoms with Crippen LogP contribution < -0.4 is 0 Å². The van der Waals surface area contributed by atoms with Gasteiger partial charge in [-0.3, -0.25) is 5.01 Å². The van der Waals surface area contributed by atoms with Crippen LogP contribution in [-0.4, -0.2) is 28.9 Å². The van der Waals surface area contributed by atoms with Crippen LogP contribution in [-0.2, 0) is 6.54 Å². The fourth-order valence-corrected chi connectivity index (χ4v) is 2.76. The van der Waals surface area contributed by atoms with E-state index in [4.69, 9.17) is 4.99 Å². The van der Waals surface area contributed by atoms with Gasteiger partial charge in [-0.1, -0.05) is 62.4 Å². The Morgan fingerprint density at radius 3 is 2.33 bits per heavy atom. The van der Waals surface area contributed by atoms with Crippen LogP contribution in [0.3, 0.4) is 0 Å². The van der Waals surface area contributed by atoms with Crippen molar-refractivity contribution in [3.63, 3.8) is 0 Å². The maximum absolute atomic E-state index is 4.91. The normalized spacial score (nSPS) is 14.0. The third kappa shape index (κ3) is 2.69. The van der Waals surface area contributed by atoms with Gasteiger partial charge in [-0.25, -0.2) is 10.0 Å². The number of benzene rings is 2. The van der Waals surface area contributed by atoms with Crippen LogP contribution in [0, 0.1) is 0 Å². The van der Waals surface area contributed by atoms with Gasteiger partial charge in [-0.15, -0.1) is 0 Å². The third-order valence-electron chi connectivity index (χ3n) is 3.89. The van der Waals surface area contributed by atoms with E-state index in [1.807, 2.05) is 6.07 Å². The zero-order valence-corrected chi connectivity index (χ0v) is 12.7. The molecule has 0 bridgehead atoms. The summed E-state index contributed by atoms with van der Waals surface area (Å²) in [6, 6.07) is 18.8. The Kier molecular flexibility index (Phi) is 4.02. The first kappa shape index (κ1) is 13.8. The zero-order valence-electron chi connectivity index (χ0n) is 12.7. The number of hydrazine groups is 1. The Morgan fingerprint density at radius 2 is 1.62 bits per heavy atom. The summed E-state index contributed by atoms with van der Waals surface area (Å²) in [4.78, 5) is 4.91. The lowest BCUT2D eigenvalue weighted by molar-refractivity contribution is 0.0485. The second kappa shape index (κ2) is 6.10. The van der Waals surface area contributed by atoms with Gasteiger partial charge >= 0.3 is 0 Å². The molecule has 0 spiro atoms. The minimum atomic E-state index is 0.881. The number of para-hydroxylation sites is 1. The molecule has 3 rings (SSSR count). The standard InChI is InChI=1S/C18H21N3/c1-3-20(4-2)21-14-16-12-8-9-13-17(16)19-18(21)15-10-6-5-7-11-15/h5-13H,3-4,14H2,1-2H3. The predicted octanol–water partition coefficient (Wildman–Crippen LogP) is 3.84. The number of nitrogens with zero attached hydrogens (tertiary/aromatic N) is 3. The average molecular weight is 279 g/mol. The average Bonchev–Trinajstić information content (AvgIpc) is 2.56. The van der Waals surface area contributed by atoms with E-state index in [2.05, 4.69) is 72.4 Å². The van der Waals surface area contributed by atoms with Crippen LogP contribution in [0.2, 0.25) is 0 Å². The molecule has 0 unspecified atom stereocenters. The molecule has 0 saturated heterocycles. The van der Waals surface area contributed by atoms with E-state index in [9.17, 15) is 0 Å². The van der Waals surface area contributed by atoms with Crippen molar-refractivity contribution in [1.29, 1.82) is 0 Å². The van der Waals surface area contributed by atoms with E-state index in [0.717, 1.165) is 31.2 Å².